The summed E-state index contributed by atoms with van der Waals surface area (Å²) >= 11 is 0. The monoisotopic (exact) mass is 202 g/mol. The van der Waals surface area contributed by atoms with Gasteiger partial charge in [-0.2, -0.15) is 5.26 Å². The molecule has 1 fully saturated rings. The molecule has 1 rings (SSSR count). The molecule has 1 saturated carbocycles. The molecule has 0 saturated heterocycles. The Kier molecular flexibility index (Phi) is 3.39. The maximum absolute atomic E-state index is 12.7. The number of rotatable bonds is 3. The molecule has 3 nitrogen and oxygen atoms in total. The number of nitrogens with zero attached hydrogens (tertiary/aromatic N) is 1. The SMILES string of the molecule is N#CCCNC(=O)C1CCC(F)(F)C1. The summed E-state index contributed by atoms with van der Waals surface area (Å²) < 4.78 is 25.4. The number of nitriles is 1. The predicted octanol–water partition coefficient (Wildman–Crippen LogP) is 1.45. The molecule has 5 heteroatoms. The molecule has 1 unspecified atom stereocenters. The Hall–Kier alpha value is -1.18. The number of carbonyl (C=O) groups excluding carboxylic acids is 1. The molecule has 0 aliphatic heterocycles. The number of nitrogens with one attached hydrogen (secondary N) is 1. The van der Waals surface area contributed by atoms with Crippen LogP contribution in [-0.4, -0.2) is 18.4 Å². The smallest absolute Gasteiger partial charge is 0.248 e. The van der Waals surface area contributed by atoms with Crippen molar-refractivity contribution >= 4 is 5.91 Å². The van der Waals surface area contributed by atoms with Crippen LogP contribution in [0.1, 0.15) is 25.7 Å². The average molecular weight is 202 g/mol. The van der Waals surface area contributed by atoms with E-state index in [-0.39, 0.29) is 38.1 Å². The molecule has 1 aliphatic carbocycles. The van der Waals surface area contributed by atoms with Crippen molar-refractivity contribution in [1.82, 2.24) is 5.32 Å². The van der Waals surface area contributed by atoms with Gasteiger partial charge in [-0.15, -0.1) is 0 Å². The van der Waals surface area contributed by atoms with Gasteiger partial charge in [0.05, 0.1) is 12.5 Å². The van der Waals surface area contributed by atoms with Crippen LogP contribution >= 0.6 is 0 Å². The van der Waals surface area contributed by atoms with E-state index in [0.29, 0.717) is 0 Å². The summed E-state index contributed by atoms with van der Waals surface area (Å²) in [5, 5.41) is 10.7. The summed E-state index contributed by atoms with van der Waals surface area (Å²) in [7, 11) is 0. The first-order chi connectivity index (χ1) is 6.55. The normalized spacial score (nSPS) is 24.2. The minimum absolute atomic E-state index is 0.205. The number of halogens is 2. The molecule has 0 heterocycles. The Morgan fingerprint density at radius 3 is 2.86 bits per heavy atom. The molecule has 78 valence electrons. The molecule has 0 aromatic rings. The number of carbonyl (C=O) groups is 1. The van der Waals surface area contributed by atoms with Crippen molar-refractivity contribution in [2.24, 2.45) is 5.92 Å². The van der Waals surface area contributed by atoms with Crippen molar-refractivity contribution in [3.05, 3.63) is 0 Å². The Balaban J connectivity index is 2.30. The number of alkyl halides is 2. The Morgan fingerprint density at radius 2 is 2.36 bits per heavy atom. The highest BCUT2D eigenvalue weighted by Gasteiger charge is 2.42. The molecule has 1 aliphatic rings. The third-order valence-electron chi connectivity index (χ3n) is 2.31. The lowest BCUT2D eigenvalue weighted by molar-refractivity contribution is -0.125. The number of hydrogen-bond donors (Lipinski definition) is 1. The van der Waals surface area contributed by atoms with Crippen molar-refractivity contribution < 1.29 is 13.6 Å². The van der Waals surface area contributed by atoms with Gasteiger partial charge in [0.15, 0.2) is 0 Å². The van der Waals surface area contributed by atoms with Gasteiger partial charge in [-0.05, 0) is 6.42 Å². The molecule has 1 amide bonds. The second kappa shape index (κ2) is 4.36. The molecular weight excluding hydrogens is 190 g/mol. The van der Waals surface area contributed by atoms with Crippen molar-refractivity contribution in [2.75, 3.05) is 6.54 Å². The van der Waals surface area contributed by atoms with E-state index in [1.165, 1.54) is 0 Å². The van der Waals surface area contributed by atoms with Gasteiger partial charge in [-0.3, -0.25) is 4.79 Å². The molecule has 1 N–H and O–H groups in total. The standard InChI is InChI=1S/C9H12F2N2O/c10-9(11)3-2-7(6-9)8(14)13-5-1-4-12/h7H,1-3,5-6H2,(H,13,14). The molecule has 0 radical (unpaired) electrons. The zero-order valence-electron chi connectivity index (χ0n) is 7.72. The van der Waals surface area contributed by atoms with E-state index in [4.69, 9.17) is 5.26 Å². The first-order valence-electron chi connectivity index (χ1n) is 4.58. The lowest BCUT2D eigenvalue weighted by Gasteiger charge is -2.10. The van der Waals surface area contributed by atoms with Crippen molar-refractivity contribution in [3.63, 3.8) is 0 Å². The maximum Gasteiger partial charge on any atom is 0.248 e. The van der Waals surface area contributed by atoms with Crippen molar-refractivity contribution in [2.45, 2.75) is 31.6 Å². The highest BCUT2D eigenvalue weighted by atomic mass is 19.3. The average Bonchev–Trinajstić information content (AvgIpc) is 2.46. The number of amides is 1. The van der Waals surface area contributed by atoms with Gasteiger partial charge in [0.25, 0.3) is 0 Å². The minimum Gasteiger partial charge on any atom is -0.355 e. The van der Waals surface area contributed by atoms with E-state index >= 15 is 0 Å². The van der Waals surface area contributed by atoms with E-state index in [1.807, 2.05) is 6.07 Å². The maximum atomic E-state index is 12.7. The predicted molar refractivity (Wildman–Crippen MR) is 45.5 cm³/mol. The van der Waals surface area contributed by atoms with Crippen molar-refractivity contribution in [1.29, 1.82) is 5.26 Å². The fraction of sp³-hybridized carbons (Fsp3) is 0.778. The van der Waals surface area contributed by atoms with Gasteiger partial charge in [-0.1, -0.05) is 0 Å². The first-order valence-corrected chi connectivity index (χ1v) is 4.58. The molecule has 0 bridgehead atoms. The van der Waals surface area contributed by atoms with E-state index in [1.54, 1.807) is 0 Å². The van der Waals surface area contributed by atoms with Crippen molar-refractivity contribution in [3.8, 4) is 6.07 Å². The third-order valence-corrected chi connectivity index (χ3v) is 2.31. The summed E-state index contributed by atoms with van der Waals surface area (Å²) in [4.78, 5) is 11.3. The first kappa shape index (κ1) is 10.9. The van der Waals surface area contributed by atoms with Crippen LogP contribution in [0.3, 0.4) is 0 Å². The molecule has 0 spiro atoms. The van der Waals surface area contributed by atoms with Gasteiger partial charge < -0.3 is 5.32 Å². The highest BCUT2D eigenvalue weighted by molar-refractivity contribution is 5.79. The second-order valence-corrected chi connectivity index (χ2v) is 3.49. The lowest BCUT2D eigenvalue weighted by Crippen LogP contribution is -2.30. The molecule has 0 aromatic carbocycles. The zero-order valence-corrected chi connectivity index (χ0v) is 7.72. The topological polar surface area (TPSA) is 52.9 Å². The summed E-state index contributed by atoms with van der Waals surface area (Å²) in [6.45, 7) is 0.247. The van der Waals surface area contributed by atoms with Crippen LogP contribution in [0.5, 0.6) is 0 Å². The van der Waals surface area contributed by atoms with Crippen LogP contribution in [0.4, 0.5) is 8.78 Å². The van der Waals surface area contributed by atoms with Crippen LogP contribution in [0.25, 0.3) is 0 Å². The van der Waals surface area contributed by atoms with Crippen LogP contribution in [-0.2, 0) is 4.79 Å². The third kappa shape index (κ3) is 2.95. The summed E-state index contributed by atoms with van der Waals surface area (Å²) in [6.07, 6.45) is -0.102. The summed E-state index contributed by atoms with van der Waals surface area (Å²) in [6, 6.07) is 1.87. The Morgan fingerprint density at radius 1 is 1.64 bits per heavy atom. The highest BCUT2D eigenvalue weighted by Crippen LogP contribution is 2.38. The molecule has 14 heavy (non-hydrogen) atoms. The fourth-order valence-electron chi connectivity index (χ4n) is 1.56. The number of hydrogen-bond acceptors (Lipinski definition) is 2. The zero-order chi connectivity index (χ0) is 10.6. The van der Waals surface area contributed by atoms with Gasteiger partial charge in [-0.25, -0.2) is 8.78 Å². The lowest BCUT2D eigenvalue weighted by atomic mass is 10.1. The largest absolute Gasteiger partial charge is 0.355 e. The summed E-state index contributed by atoms with van der Waals surface area (Å²) in [5.41, 5.74) is 0. The summed E-state index contributed by atoms with van der Waals surface area (Å²) in [5.74, 6) is -3.61. The molecule has 1 atom stereocenters. The molecular formula is C9H12F2N2O. The van der Waals surface area contributed by atoms with Crippen LogP contribution < -0.4 is 5.32 Å². The van der Waals surface area contributed by atoms with Gasteiger partial charge in [0.1, 0.15) is 0 Å². The molecule has 0 aromatic heterocycles. The Bertz CT molecular complexity index is 260. The quantitative estimate of drug-likeness (QED) is 0.704. The van der Waals surface area contributed by atoms with Crippen LogP contribution in [0, 0.1) is 17.2 Å². The van der Waals surface area contributed by atoms with E-state index in [0.717, 1.165) is 0 Å². The van der Waals surface area contributed by atoms with E-state index in [2.05, 4.69) is 5.32 Å². The van der Waals surface area contributed by atoms with Gasteiger partial charge in [0, 0.05) is 25.3 Å². The van der Waals surface area contributed by atoms with E-state index < -0.39 is 11.8 Å². The van der Waals surface area contributed by atoms with Crippen LogP contribution in [0.15, 0.2) is 0 Å². The Labute approximate surface area is 81.1 Å². The van der Waals surface area contributed by atoms with Gasteiger partial charge >= 0.3 is 0 Å². The fourth-order valence-corrected chi connectivity index (χ4v) is 1.56. The van der Waals surface area contributed by atoms with Gasteiger partial charge in [0.2, 0.25) is 11.8 Å². The van der Waals surface area contributed by atoms with Crippen LogP contribution in [0.2, 0.25) is 0 Å². The van der Waals surface area contributed by atoms with E-state index in [9.17, 15) is 13.6 Å². The second-order valence-electron chi connectivity index (χ2n) is 3.49. The minimum atomic E-state index is -2.68.